The lowest BCUT2D eigenvalue weighted by Gasteiger charge is -2.17. The smallest absolute Gasteiger partial charge is 0.259 e. The van der Waals surface area contributed by atoms with Gasteiger partial charge in [0.05, 0.1) is 17.8 Å². The number of rotatable bonds is 7. The molecule has 0 aromatic carbocycles. The van der Waals surface area contributed by atoms with E-state index in [1.807, 2.05) is 25.5 Å². The molecule has 2 aromatic rings. The maximum absolute atomic E-state index is 12.5. The molecule has 7 nitrogen and oxygen atoms in total. The third kappa shape index (κ3) is 4.10. The van der Waals surface area contributed by atoms with Crippen molar-refractivity contribution < 1.29 is 4.79 Å². The lowest BCUT2D eigenvalue weighted by atomic mass is 10.2. The highest BCUT2D eigenvalue weighted by Crippen LogP contribution is 2.24. The maximum atomic E-state index is 12.5. The van der Waals surface area contributed by atoms with Crippen molar-refractivity contribution in [2.24, 2.45) is 0 Å². The minimum Gasteiger partial charge on any atom is -0.352 e. The van der Waals surface area contributed by atoms with Crippen molar-refractivity contribution in [2.75, 3.05) is 10.6 Å². The van der Waals surface area contributed by atoms with Gasteiger partial charge in [0.2, 0.25) is 5.95 Å². The standard InChI is InChI=1S/C17H26N6O/c1-6-14(7-2)23-15(12(5)8-20-23)22-16(24)13-9-18-17(19-10-13)21-11(3)4/h8-11,14H,6-7H2,1-5H3,(H,22,24)(H,18,19,21). The van der Waals surface area contributed by atoms with Gasteiger partial charge in [-0.25, -0.2) is 14.6 Å². The van der Waals surface area contributed by atoms with E-state index >= 15 is 0 Å². The Morgan fingerprint density at radius 2 is 1.79 bits per heavy atom. The van der Waals surface area contributed by atoms with E-state index in [9.17, 15) is 4.79 Å². The van der Waals surface area contributed by atoms with Crippen molar-refractivity contribution in [3.8, 4) is 0 Å². The lowest BCUT2D eigenvalue weighted by molar-refractivity contribution is 0.102. The molecule has 0 saturated heterocycles. The number of hydrogen-bond acceptors (Lipinski definition) is 5. The first-order valence-corrected chi connectivity index (χ1v) is 8.40. The first-order valence-electron chi connectivity index (χ1n) is 8.40. The Labute approximate surface area is 142 Å². The topological polar surface area (TPSA) is 84.7 Å². The number of aromatic nitrogens is 4. The minimum atomic E-state index is -0.234. The predicted octanol–water partition coefficient (Wildman–Crippen LogP) is 3.42. The van der Waals surface area contributed by atoms with Crippen LogP contribution in [0.15, 0.2) is 18.6 Å². The van der Waals surface area contributed by atoms with Crippen LogP contribution in [0, 0.1) is 6.92 Å². The summed E-state index contributed by atoms with van der Waals surface area (Å²) in [5, 5.41) is 10.5. The van der Waals surface area contributed by atoms with Crippen LogP contribution < -0.4 is 10.6 Å². The summed E-state index contributed by atoms with van der Waals surface area (Å²) in [7, 11) is 0. The monoisotopic (exact) mass is 330 g/mol. The number of nitrogens with zero attached hydrogens (tertiary/aromatic N) is 4. The van der Waals surface area contributed by atoms with E-state index in [4.69, 9.17) is 0 Å². The van der Waals surface area contributed by atoms with E-state index in [-0.39, 0.29) is 18.0 Å². The first kappa shape index (κ1) is 17.9. The number of carbonyl (C=O) groups is 1. The molecule has 0 aliphatic heterocycles. The number of anilines is 2. The van der Waals surface area contributed by atoms with Gasteiger partial charge in [0, 0.05) is 24.0 Å². The van der Waals surface area contributed by atoms with Crippen LogP contribution in [0.5, 0.6) is 0 Å². The minimum absolute atomic E-state index is 0.234. The van der Waals surface area contributed by atoms with Gasteiger partial charge >= 0.3 is 0 Å². The van der Waals surface area contributed by atoms with Crippen molar-refractivity contribution in [2.45, 2.75) is 59.5 Å². The third-order valence-electron chi connectivity index (χ3n) is 3.83. The molecule has 0 radical (unpaired) electrons. The SMILES string of the molecule is CCC(CC)n1ncc(C)c1NC(=O)c1cnc(NC(C)C)nc1. The molecule has 24 heavy (non-hydrogen) atoms. The van der Waals surface area contributed by atoms with Gasteiger partial charge in [-0.1, -0.05) is 13.8 Å². The van der Waals surface area contributed by atoms with E-state index in [1.165, 1.54) is 12.4 Å². The van der Waals surface area contributed by atoms with E-state index < -0.39 is 0 Å². The summed E-state index contributed by atoms with van der Waals surface area (Å²) in [6.45, 7) is 10.2. The van der Waals surface area contributed by atoms with Crippen LogP contribution in [0.25, 0.3) is 0 Å². The van der Waals surface area contributed by atoms with Crippen LogP contribution in [-0.2, 0) is 0 Å². The van der Waals surface area contributed by atoms with Crippen LogP contribution in [0.1, 0.15) is 62.5 Å². The average Bonchev–Trinajstić information content (AvgIpc) is 2.90. The second-order valence-corrected chi connectivity index (χ2v) is 6.14. The first-order chi connectivity index (χ1) is 11.5. The molecule has 2 heterocycles. The van der Waals surface area contributed by atoms with E-state index in [1.54, 1.807) is 6.20 Å². The Morgan fingerprint density at radius 1 is 1.17 bits per heavy atom. The Hall–Kier alpha value is -2.44. The van der Waals surface area contributed by atoms with Crippen LogP contribution >= 0.6 is 0 Å². The largest absolute Gasteiger partial charge is 0.352 e. The zero-order chi connectivity index (χ0) is 17.7. The zero-order valence-electron chi connectivity index (χ0n) is 15.0. The summed E-state index contributed by atoms with van der Waals surface area (Å²) in [5.41, 5.74) is 1.36. The second kappa shape index (κ2) is 7.90. The summed E-state index contributed by atoms with van der Waals surface area (Å²) < 4.78 is 1.89. The predicted molar refractivity (Wildman–Crippen MR) is 95.3 cm³/mol. The van der Waals surface area contributed by atoms with Gasteiger partial charge < -0.3 is 10.6 Å². The van der Waals surface area contributed by atoms with Crippen molar-refractivity contribution in [1.29, 1.82) is 0 Å². The lowest BCUT2D eigenvalue weighted by Crippen LogP contribution is -2.20. The fourth-order valence-corrected chi connectivity index (χ4v) is 2.47. The molecule has 0 atom stereocenters. The van der Waals surface area contributed by atoms with E-state index in [0.29, 0.717) is 11.5 Å². The number of carbonyl (C=O) groups excluding carboxylic acids is 1. The molecule has 2 rings (SSSR count). The highest BCUT2D eigenvalue weighted by atomic mass is 16.1. The summed E-state index contributed by atoms with van der Waals surface area (Å²) in [5.74, 6) is 1.01. The molecule has 7 heteroatoms. The third-order valence-corrected chi connectivity index (χ3v) is 3.83. The molecular weight excluding hydrogens is 304 g/mol. The molecule has 1 amide bonds. The molecule has 0 aliphatic carbocycles. The molecule has 2 N–H and O–H groups in total. The molecule has 0 aliphatic rings. The summed E-state index contributed by atoms with van der Waals surface area (Å²) in [6, 6.07) is 0.504. The Bertz CT molecular complexity index is 673. The number of nitrogens with one attached hydrogen (secondary N) is 2. The molecule has 130 valence electrons. The number of aryl methyl sites for hydroxylation is 1. The van der Waals surface area contributed by atoms with Gasteiger partial charge in [-0.3, -0.25) is 4.79 Å². The van der Waals surface area contributed by atoms with Gasteiger partial charge in [-0.2, -0.15) is 5.10 Å². The van der Waals surface area contributed by atoms with Gasteiger partial charge in [0.15, 0.2) is 0 Å². The number of hydrogen-bond donors (Lipinski definition) is 2. The van der Waals surface area contributed by atoms with Crippen molar-refractivity contribution >= 4 is 17.7 Å². The second-order valence-electron chi connectivity index (χ2n) is 6.14. The van der Waals surface area contributed by atoms with Gasteiger partial charge in [-0.15, -0.1) is 0 Å². The van der Waals surface area contributed by atoms with Crippen LogP contribution in [0.2, 0.25) is 0 Å². The molecular formula is C17H26N6O. The molecule has 0 fully saturated rings. The normalized spacial score (nSPS) is 11.1. The van der Waals surface area contributed by atoms with Crippen LogP contribution in [0.3, 0.4) is 0 Å². The zero-order valence-corrected chi connectivity index (χ0v) is 15.0. The van der Waals surface area contributed by atoms with Gasteiger partial charge in [0.25, 0.3) is 5.91 Å². The molecule has 0 bridgehead atoms. The maximum Gasteiger partial charge on any atom is 0.259 e. The van der Waals surface area contributed by atoms with Crippen molar-refractivity contribution in [3.05, 3.63) is 29.7 Å². The summed E-state index contributed by atoms with van der Waals surface area (Å²) >= 11 is 0. The average molecular weight is 330 g/mol. The van der Waals surface area contributed by atoms with Crippen LogP contribution in [-0.4, -0.2) is 31.7 Å². The Kier molecular flexibility index (Phi) is 5.89. The molecule has 0 spiro atoms. The number of amides is 1. The van der Waals surface area contributed by atoms with E-state index in [0.717, 1.165) is 24.2 Å². The molecule has 0 unspecified atom stereocenters. The quantitative estimate of drug-likeness (QED) is 0.812. The molecule has 0 saturated carbocycles. The summed E-state index contributed by atoms with van der Waals surface area (Å²) in [4.78, 5) is 20.8. The highest BCUT2D eigenvalue weighted by molar-refractivity contribution is 6.03. The fraction of sp³-hybridized carbons (Fsp3) is 0.529. The van der Waals surface area contributed by atoms with E-state index in [2.05, 4.69) is 39.5 Å². The van der Waals surface area contributed by atoms with Gasteiger partial charge in [-0.05, 0) is 33.6 Å². The molecule has 2 aromatic heterocycles. The summed E-state index contributed by atoms with van der Waals surface area (Å²) in [6.07, 6.45) is 6.75. The van der Waals surface area contributed by atoms with Crippen LogP contribution in [0.4, 0.5) is 11.8 Å². The van der Waals surface area contributed by atoms with Crippen molar-refractivity contribution in [1.82, 2.24) is 19.7 Å². The van der Waals surface area contributed by atoms with Gasteiger partial charge in [0.1, 0.15) is 5.82 Å². The van der Waals surface area contributed by atoms with Crippen molar-refractivity contribution in [3.63, 3.8) is 0 Å². The Balaban J connectivity index is 2.16. The highest BCUT2D eigenvalue weighted by Gasteiger charge is 2.17. The fourth-order valence-electron chi connectivity index (χ4n) is 2.47. The Morgan fingerprint density at radius 3 is 2.33 bits per heavy atom.